The van der Waals surface area contributed by atoms with E-state index in [9.17, 15) is 14.9 Å². The fraction of sp³-hybridized carbons (Fsp3) is 0.148. The van der Waals surface area contributed by atoms with Crippen LogP contribution in [0, 0.1) is 11.3 Å². The quantitative estimate of drug-likeness (QED) is 0.258. The highest BCUT2D eigenvalue weighted by Crippen LogP contribution is 2.27. The lowest BCUT2D eigenvalue weighted by Gasteiger charge is -2.11. The summed E-state index contributed by atoms with van der Waals surface area (Å²) in [6.07, 6.45) is 2.07. The van der Waals surface area contributed by atoms with Gasteiger partial charge < -0.3 is 14.8 Å². The van der Waals surface area contributed by atoms with Gasteiger partial charge in [0.05, 0.1) is 19.3 Å². The molecule has 0 saturated carbocycles. The Labute approximate surface area is 203 Å². The van der Waals surface area contributed by atoms with E-state index in [2.05, 4.69) is 5.32 Å². The van der Waals surface area contributed by atoms with Crippen LogP contribution in [0.5, 0.6) is 5.75 Å². The highest BCUT2D eigenvalue weighted by Gasteiger charge is 2.13. The number of carbonyl (C=O) groups is 2. The maximum Gasteiger partial charge on any atom is 0.338 e. The minimum Gasteiger partial charge on any atom is -0.496 e. The molecule has 172 valence electrons. The van der Waals surface area contributed by atoms with E-state index in [0.717, 1.165) is 11.1 Å². The fourth-order valence-electron chi connectivity index (χ4n) is 3.26. The molecule has 0 heterocycles. The summed E-state index contributed by atoms with van der Waals surface area (Å²) in [5, 5.41) is 12.9. The molecular weight excluding hydrogens is 452 g/mol. The van der Waals surface area contributed by atoms with Gasteiger partial charge in [-0.1, -0.05) is 41.9 Å². The Hall–Kier alpha value is -4.08. The van der Waals surface area contributed by atoms with Crippen molar-refractivity contribution in [1.29, 1.82) is 5.26 Å². The number of amides is 1. The first-order valence-electron chi connectivity index (χ1n) is 10.6. The lowest BCUT2D eigenvalue weighted by molar-refractivity contribution is -0.112. The molecule has 0 bridgehead atoms. The number of esters is 1. The molecule has 1 N–H and O–H groups in total. The van der Waals surface area contributed by atoms with Crippen LogP contribution in [0.15, 0.2) is 72.3 Å². The zero-order valence-electron chi connectivity index (χ0n) is 18.8. The molecule has 0 aliphatic carbocycles. The molecule has 0 aromatic heterocycles. The summed E-state index contributed by atoms with van der Waals surface area (Å²) in [7, 11) is 1.57. The number of hydrogen-bond acceptors (Lipinski definition) is 5. The van der Waals surface area contributed by atoms with Gasteiger partial charge in [-0.2, -0.15) is 5.26 Å². The van der Waals surface area contributed by atoms with Gasteiger partial charge in [-0.3, -0.25) is 4.79 Å². The molecule has 0 aliphatic rings. The molecule has 3 rings (SSSR count). The van der Waals surface area contributed by atoms with Gasteiger partial charge in [0.1, 0.15) is 17.4 Å². The summed E-state index contributed by atoms with van der Waals surface area (Å²) >= 11 is 6.27. The van der Waals surface area contributed by atoms with E-state index in [1.54, 1.807) is 44.4 Å². The Morgan fingerprint density at radius 3 is 2.44 bits per heavy atom. The summed E-state index contributed by atoms with van der Waals surface area (Å²) in [6.45, 7) is 2.00. The Balaban J connectivity index is 1.76. The van der Waals surface area contributed by atoms with Crippen LogP contribution in [0.25, 0.3) is 6.08 Å². The molecule has 0 atom stereocenters. The van der Waals surface area contributed by atoms with Crippen molar-refractivity contribution in [2.24, 2.45) is 0 Å². The third-order valence-corrected chi connectivity index (χ3v) is 5.35. The van der Waals surface area contributed by atoms with E-state index in [4.69, 9.17) is 21.1 Å². The summed E-state index contributed by atoms with van der Waals surface area (Å²) < 4.78 is 10.5. The highest BCUT2D eigenvalue weighted by atomic mass is 35.5. The van der Waals surface area contributed by atoms with Crippen molar-refractivity contribution in [2.45, 2.75) is 13.3 Å². The minimum atomic E-state index is -0.564. The number of benzene rings is 3. The van der Waals surface area contributed by atoms with E-state index >= 15 is 0 Å². The number of nitrogens with zero attached hydrogens (tertiary/aromatic N) is 1. The van der Waals surface area contributed by atoms with Crippen molar-refractivity contribution in [3.05, 3.63) is 99.6 Å². The summed E-state index contributed by atoms with van der Waals surface area (Å²) in [5.74, 6) is -0.378. The van der Waals surface area contributed by atoms with E-state index < -0.39 is 11.9 Å². The molecule has 0 fully saturated rings. The van der Waals surface area contributed by atoms with Crippen molar-refractivity contribution < 1.29 is 19.1 Å². The van der Waals surface area contributed by atoms with Crippen LogP contribution in [0.2, 0.25) is 5.02 Å². The van der Waals surface area contributed by atoms with E-state index in [1.165, 1.54) is 6.08 Å². The predicted octanol–water partition coefficient (Wildman–Crippen LogP) is 5.66. The van der Waals surface area contributed by atoms with Gasteiger partial charge in [0.25, 0.3) is 5.91 Å². The summed E-state index contributed by atoms with van der Waals surface area (Å²) in [5.41, 5.74) is 3.29. The molecule has 3 aromatic carbocycles. The van der Waals surface area contributed by atoms with Gasteiger partial charge in [-0.05, 0) is 66.1 Å². The Morgan fingerprint density at radius 1 is 1.06 bits per heavy atom. The van der Waals surface area contributed by atoms with Crippen molar-refractivity contribution in [2.75, 3.05) is 19.0 Å². The van der Waals surface area contributed by atoms with Crippen molar-refractivity contribution in [3.8, 4) is 11.8 Å². The normalized spacial score (nSPS) is 10.8. The third-order valence-electron chi connectivity index (χ3n) is 4.98. The fourth-order valence-corrected chi connectivity index (χ4v) is 3.46. The Bertz CT molecular complexity index is 1260. The standard InChI is InChI=1S/C27H23ClN2O4/c1-3-34-27(32)19-10-12-23(13-11-19)30-26(31)22(17-29)14-18-8-9-21(25(15-18)33-2)16-20-6-4-5-7-24(20)28/h4-15H,3,16H2,1-2H3,(H,30,31)/b22-14+. The second-order valence-corrected chi connectivity index (χ2v) is 7.67. The van der Waals surface area contributed by atoms with E-state index in [1.807, 2.05) is 42.5 Å². The van der Waals surface area contributed by atoms with Crippen LogP contribution < -0.4 is 10.1 Å². The van der Waals surface area contributed by atoms with Gasteiger partial charge >= 0.3 is 5.97 Å². The zero-order chi connectivity index (χ0) is 24.5. The van der Waals surface area contributed by atoms with Crippen LogP contribution in [0.3, 0.4) is 0 Å². The SMILES string of the molecule is CCOC(=O)c1ccc(NC(=O)/C(C#N)=C/c2ccc(Cc3ccccc3Cl)c(OC)c2)cc1. The number of methoxy groups -OCH3 is 1. The second-order valence-electron chi connectivity index (χ2n) is 7.26. The summed E-state index contributed by atoms with van der Waals surface area (Å²) in [4.78, 5) is 24.4. The number of carbonyl (C=O) groups excluding carboxylic acids is 2. The molecular formula is C27H23ClN2O4. The lowest BCUT2D eigenvalue weighted by Crippen LogP contribution is -2.13. The second kappa shape index (κ2) is 11.7. The smallest absolute Gasteiger partial charge is 0.338 e. The van der Waals surface area contributed by atoms with Crippen LogP contribution in [0.4, 0.5) is 5.69 Å². The number of nitrogens with one attached hydrogen (secondary N) is 1. The molecule has 34 heavy (non-hydrogen) atoms. The number of nitriles is 1. The van der Waals surface area contributed by atoms with Crippen LogP contribution >= 0.6 is 11.6 Å². The number of hydrogen-bond donors (Lipinski definition) is 1. The van der Waals surface area contributed by atoms with Gasteiger partial charge in [0.15, 0.2) is 0 Å². The average molecular weight is 475 g/mol. The Kier molecular flexibility index (Phi) is 8.44. The van der Waals surface area contributed by atoms with E-state index in [0.29, 0.717) is 34.0 Å². The maximum absolute atomic E-state index is 12.6. The maximum atomic E-state index is 12.6. The van der Waals surface area contributed by atoms with Gasteiger partial charge in [0.2, 0.25) is 0 Å². The highest BCUT2D eigenvalue weighted by molar-refractivity contribution is 6.31. The molecule has 0 unspecified atom stereocenters. The molecule has 0 aliphatic heterocycles. The number of anilines is 1. The van der Waals surface area contributed by atoms with Crippen molar-refractivity contribution in [3.63, 3.8) is 0 Å². The topological polar surface area (TPSA) is 88.4 Å². The minimum absolute atomic E-state index is 0.0737. The molecule has 0 radical (unpaired) electrons. The lowest BCUT2D eigenvalue weighted by atomic mass is 10.0. The first kappa shape index (κ1) is 24.6. The Morgan fingerprint density at radius 2 is 1.79 bits per heavy atom. The first-order valence-corrected chi connectivity index (χ1v) is 10.9. The molecule has 7 heteroatoms. The predicted molar refractivity (Wildman–Crippen MR) is 132 cm³/mol. The van der Waals surface area contributed by atoms with Gasteiger partial charge in [0, 0.05) is 17.1 Å². The summed E-state index contributed by atoms with van der Waals surface area (Å²) in [6, 6.07) is 21.2. The number of halogens is 1. The molecule has 6 nitrogen and oxygen atoms in total. The number of rotatable bonds is 8. The van der Waals surface area contributed by atoms with Crippen LogP contribution in [0.1, 0.15) is 34.0 Å². The first-order chi connectivity index (χ1) is 16.4. The monoisotopic (exact) mass is 474 g/mol. The van der Waals surface area contributed by atoms with Crippen LogP contribution in [-0.2, 0) is 16.0 Å². The molecule has 0 saturated heterocycles. The average Bonchev–Trinajstić information content (AvgIpc) is 2.85. The zero-order valence-corrected chi connectivity index (χ0v) is 19.6. The molecule has 1 amide bonds. The van der Waals surface area contributed by atoms with E-state index in [-0.39, 0.29) is 12.2 Å². The van der Waals surface area contributed by atoms with Crippen molar-refractivity contribution >= 4 is 35.2 Å². The molecule has 3 aromatic rings. The van der Waals surface area contributed by atoms with Gasteiger partial charge in [-0.15, -0.1) is 0 Å². The largest absolute Gasteiger partial charge is 0.496 e. The third kappa shape index (κ3) is 6.25. The van der Waals surface area contributed by atoms with Crippen molar-refractivity contribution in [1.82, 2.24) is 0 Å². The number of ether oxygens (including phenoxy) is 2. The van der Waals surface area contributed by atoms with Crippen LogP contribution in [-0.4, -0.2) is 25.6 Å². The molecule has 0 spiro atoms. The van der Waals surface area contributed by atoms with Gasteiger partial charge in [-0.25, -0.2) is 4.79 Å².